The van der Waals surface area contributed by atoms with E-state index in [1.807, 2.05) is 0 Å². The number of unbranched alkanes of at least 4 members (excludes halogenated alkanes) is 57. The normalized spacial score (nSPS) is 13.8. The molecule has 2 unspecified atom stereocenters. The van der Waals surface area contributed by atoms with E-state index in [1.165, 1.54) is 283 Å². The summed E-state index contributed by atoms with van der Waals surface area (Å²) in [6.07, 6.45) is 70.7. The Morgan fingerprint density at radius 3 is 0.654 bits per heavy atom. The standard InChI is InChI=1S/C85H166O17P2/c1-6-9-12-15-18-21-24-26-28-30-32-34-36-40-45-50-55-60-65-70-84(89)102-81(75-96-83(88)69-64-59-54-49-44-39-35-33-31-29-27-25-22-19-16-13-10-7-2)77-100-104(93,94)98-73-79(86)72-97-103(91,92)99-76-80(74-95-82(87)68-63-58-53-48-42-23-20-17-14-11-8-3)101-85(90)71-66-61-56-51-46-41-37-38-43-47-52-57-62-67-78(4)5/h78-81,86H,6-77H2,1-5H3,(H,91,92)(H,93,94)/t79-,80+,81+/m0/s1. The number of rotatable bonds is 85. The van der Waals surface area contributed by atoms with Crippen molar-refractivity contribution < 1.29 is 80.2 Å². The number of aliphatic hydroxyl groups is 1. The molecule has 0 saturated carbocycles. The van der Waals surface area contributed by atoms with E-state index < -0.39 is 97.5 Å². The number of carbonyl (C=O) groups is 4. The molecule has 3 N–H and O–H groups in total. The van der Waals surface area contributed by atoms with Crippen molar-refractivity contribution in [1.82, 2.24) is 0 Å². The SMILES string of the molecule is CCCCCCCCCCCCCCCCCCCCCC(=O)O[C@H](COC(=O)CCCCCCCCCCCCCCCCCCCC)COP(=O)(O)OC[C@@H](O)COP(=O)(O)OC[C@@H](COC(=O)CCCCCCCCCCCCC)OC(=O)CCCCCCCCCCCCCCCC(C)C. The molecule has 0 bridgehead atoms. The van der Waals surface area contributed by atoms with Gasteiger partial charge in [-0.05, 0) is 31.6 Å². The number of carbonyl (C=O) groups excluding carboxylic acids is 4. The zero-order valence-corrected chi connectivity index (χ0v) is 70.0. The lowest BCUT2D eigenvalue weighted by atomic mass is 10.0. The van der Waals surface area contributed by atoms with Gasteiger partial charge in [-0.1, -0.05) is 407 Å². The molecule has 0 aromatic rings. The van der Waals surface area contributed by atoms with Crippen molar-refractivity contribution in [2.75, 3.05) is 39.6 Å². The predicted octanol–water partition coefficient (Wildman–Crippen LogP) is 26.0. The summed E-state index contributed by atoms with van der Waals surface area (Å²) in [5, 5.41) is 10.7. The summed E-state index contributed by atoms with van der Waals surface area (Å²) in [6, 6.07) is 0. The van der Waals surface area contributed by atoms with Crippen LogP contribution in [-0.2, 0) is 65.4 Å². The van der Waals surface area contributed by atoms with Crippen molar-refractivity contribution in [3.63, 3.8) is 0 Å². The maximum Gasteiger partial charge on any atom is 0.472 e. The first-order valence-electron chi connectivity index (χ1n) is 44.1. The Morgan fingerprint density at radius 2 is 0.442 bits per heavy atom. The molecular formula is C85H166O17P2. The second kappa shape index (κ2) is 77.8. The van der Waals surface area contributed by atoms with Crippen molar-refractivity contribution in [2.45, 2.75) is 477 Å². The number of ether oxygens (including phenoxy) is 4. The average Bonchev–Trinajstić information content (AvgIpc) is 0.895. The summed E-state index contributed by atoms with van der Waals surface area (Å²) in [5.41, 5.74) is 0. The zero-order chi connectivity index (χ0) is 76.2. The topological polar surface area (TPSA) is 237 Å². The van der Waals surface area contributed by atoms with Crippen molar-refractivity contribution in [3.8, 4) is 0 Å². The monoisotopic (exact) mass is 1520 g/mol. The Morgan fingerprint density at radius 1 is 0.260 bits per heavy atom. The summed E-state index contributed by atoms with van der Waals surface area (Å²) < 4.78 is 68.9. The molecule has 0 heterocycles. The van der Waals surface area contributed by atoms with Gasteiger partial charge in [0.2, 0.25) is 0 Å². The van der Waals surface area contributed by atoms with E-state index in [2.05, 4.69) is 34.6 Å². The molecule has 104 heavy (non-hydrogen) atoms. The van der Waals surface area contributed by atoms with Gasteiger partial charge in [-0.2, -0.15) is 0 Å². The van der Waals surface area contributed by atoms with Gasteiger partial charge in [-0.15, -0.1) is 0 Å². The third-order valence-corrected chi connectivity index (χ3v) is 21.9. The number of phosphoric acid groups is 2. The lowest BCUT2D eigenvalue weighted by Crippen LogP contribution is -2.30. The van der Waals surface area contributed by atoms with Crippen LogP contribution in [0.4, 0.5) is 0 Å². The molecule has 0 aliphatic heterocycles. The quantitative estimate of drug-likeness (QED) is 0.0222. The summed E-state index contributed by atoms with van der Waals surface area (Å²) >= 11 is 0. The molecule has 0 radical (unpaired) electrons. The van der Waals surface area contributed by atoms with Crippen LogP contribution in [0, 0.1) is 5.92 Å². The highest BCUT2D eigenvalue weighted by atomic mass is 31.2. The van der Waals surface area contributed by atoms with Crippen LogP contribution >= 0.6 is 15.6 Å². The Labute approximate surface area is 638 Å². The third kappa shape index (κ3) is 78.2. The lowest BCUT2D eigenvalue weighted by Gasteiger charge is -2.21. The van der Waals surface area contributed by atoms with E-state index in [-0.39, 0.29) is 25.7 Å². The number of phosphoric ester groups is 2. The van der Waals surface area contributed by atoms with Crippen molar-refractivity contribution >= 4 is 39.5 Å². The van der Waals surface area contributed by atoms with Gasteiger partial charge in [-0.25, -0.2) is 9.13 Å². The molecule has 0 amide bonds. The molecule has 0 spiro atoms. The summed E-state index contributed by atoms with van der Waals surface area (Å²) in [4.78, 5) is 73.2. The second-order valence-corrected chi connectivity index (χ2v) is 34.0. The zero-order valence-electron chi connectivity index (χ0n) is 68.2. The highest BCUT2D eigenvalue weighted by Gasteiger charge is 2.30. The van der Waals surface area contributed by atoms with Crippen LogP contribution in [0.2, 0.25) is 0 Å². The minimum atomic E-state index is -4.96. The van der Waals surface area contributed by atoms with Gasteiger partial charge in [0.1, 0.15) is 19.3 Å². The third-order valence-electron chi connectivity index (χ3n) is 20.0. The van der Waals surface area contributed by atoms with Crippen LogP contribution in [0.1, 0.15) is 458 Å². The van der Waals surface area contributed by atoms with Gasteiger partial charge in [0.05, 0.1) is 26.4 Å². The Bertz CT molecular complexity index is 1980. The molecule has 618 valence electrons. The average molecular weight is 1520 g/mol. The fourth-order valence-electron chi connectivity index (χ4n) is 13.3. The molecule has 5 atom stereocenters. The van der Waals surface area contributed by atoms with Crippen molar-refractivity contribution in [1.29, 1.82) is 0 Å². The van der Waals surface area contributed by atoms with E-state index in [0.717, 1.165) is 95.8 Å². The van der Waals surface area contributed by atoms with Gasteiger partial charge in [-0.3, -0.25) is 37.3 Å². The van der Waals surface area contributed by atoms with Crippen LogP contribution in [-0.4, -0.2) is 96.7 Å². The Kier molecular flexibility index (Phi) is 76.3. The van der Waals surface area contributed by atoms with Gasteiger partial charge in [0, 0.05) is 25.7 Å². The maximum atomic E-state index is 13.1. The molecule has 0 aliphatic rings. The highest BCUT2D eigenvalue weighted by Crippen LogP contribution is 2.45. The van der Waals surface area contributed by atoms with Crippen LogP contribution in [0.25, 0.3) is 0 Å². The smallest absolute Gasteiger partial charge is 0.462 e. The molecule has 0 aliphatic carbocycles. The molecule has 0 rings (SSSR count). The molecular weight excluding hydrogens is 1350 g/mol. The van der Waals surface area contributed by atoms with Gasteiger partial charge < -0.3 is 33.8 Å². The maximum absolute atomic E-state index is 13.1. The predicted molar refractivity (Wildman–Crippen MR) is 428 cm³/mol. The minimum Gasteiger partial charge on any atom is -0.462 e. The van der Waals surface area contributed by atoms with E-state index in [9.17, 15) is 43.2 Å². The largest absolute Gasteiger partial charge is 0.472 e. The fourth-order valence-corrected chi connectivity index (χ4v) is 14.9. The van der Waals surface area contributed by atoms with Gasteiger partial charge in [0.15, 0.2) is 12.2 Å². The van der Waals surface area contributed by atoms with Crippen LogP contribution in [0.3, 0.4) is 0 Å². The first-order chi connectivity index (χ1) is 50.5. The molecule has 17 nitrogen and oxygen atoms in total. The van der Waals surface area contributed by atoms with Crippen LogP contribution in [0.15, 0.2) is 0 Å². The highest BCUT2D eigenvalue weighted by molar-refractivity contribution is 7.47. The van der Waals surface area contributed by atoms with E-state index in [0.29, 0.717) is 25.7 Å². The number of esters is 4. The molecule has 0 aromatic heterocycles. The lowest BCUT2D eigenvalue weighted by molar-refractivity contribution is -0.161. The Hall–Kier alpha value is -1.94. The van der Waals surface area contributed by atoms with Crippen LogP contribution < -0.4 is 0 Å². The van der Waals surface area contributed by atoms with Gasteiger partial charge in [0.25, 0.3) is 0 Å². The molecule has 19 heteroatoms. The molecule has 0 aromatic carbocycles. The van der Waals surface area contributed by atoms with Crippen molar-refractivity contribution in [2.24, 2.45) is 5.92 Å². The number of aliphatic hydroxyl groups excluding tert-OH is 1. The van der Waals surface area contributed by atoms with Crippen LogP contribution in [0.5, 0.6) is 0 Å². The second-order valence-electron chi connectivity index (χ2n) is 31.1. The summed E-state index contributed by atoms with van der Waals surface area (Å²) in [7, 11) is -9.93. The number of hydrogen-bond acceptors (Lipinski definition) is 15. The van der Waals surface area contributed by atoms with Crippen molar-refractivity contribution in [3.05, 3.63) is 0 Å². The van der Waals surface area contributed by atoms with E-state index in [1.54, 1.807) is 0 Å². The summed E-state index contributed by atoms with van der Waals surface area (Å²) in [6.45, 7) is 7.38. The Balaban J connectivity index is 5.24. The molecule has 0 saturated heterocycles. The van der Waals surface area contributed by atoms with Gasteiger partial charge >= 0.3 is 39.5 Å². The fraction of sp³-hybridized carbons (Fsp3) is 0.953. The summed E-state index contributed by atoms with van der Waals surface area (Å²) in [5.74, 6) is -1.31. The van der Waals surface area contributed by atoms with E-state index >= 15 is 0 Å². The molecule has 0 fully saturated rings. The first-order valence-corrected chi connectivity index (χ1v) is 47.1. The van der Waals surface area contributed by atoms with E-state index in [4.69, 9.17) is 37.0 Å². The minimum absolute atomic E-state index is 0.108. The first kappa shape index (κ1) is 102. The number of hydrogen-bond donors (Lipinski definition) is 3.